The second-order valence-electron chi connectivity index (χ2n) is 9.71. The summed E-state index contributed by atoms with van der Waals surface area (Å²) in [5, 5.41) is 0.413. The van der Waals surface area contributed by atoms with Gasteiger partial charge in [-0.15, -0.1) is 0 Å². The summed E-state index contributed by atoms with van der Waals surface area (Å²) in [5.74, 6) is -0.467. The predicted molar refractivity (Wildman–Crippen MR) is 123 cm³/mol. The van der Waals surface area contributed by atoms with Gasteiger partial charge in [0.25, 0.3) is 5.91 Å². The van der Waals surface area contributed by atoms with Gasteiger partial charge in [-0.05, 0) is 35.1 Å². The van der Waals surface area contributed by atoms with Crippen molar-refractivity contribution >= 4 is 26.7 Å². The zero-order valence-electron chi connectivity index (χ0n) is 18.3. The van der Waals surface area contributed by atoms with E-state index in [9.17, 15) is 18.0 Å². The number of fused-ring (bicyclic) bond motifs is 2. The lowest BCUT2D eigenvalue weighted by molar-refractivity contribution is 0.0662. The van der Waals surface area contributed by atoms with Crippen molar-refractivity contribution in [2.45, 2.75) is 44.7 Å². The fourth-order valence-electron chi connectivity index (χ4n) is 4.80. The minimum atomic E-state index is -3.23. The van der Waals surface area contributed by atoms with Crippen molar-refractivity contribution in [1.82, 2.24) is 4.90 Å². The van der Waals surface area contributed by atoms with Gasteiger partial charge in [-0.3, -0.25) is 9.59 Å². The highest BCUT2D eigenvalue weighted by molar-refractivity contribution is 7.91. The Morgan fingerprint density at radius 2 is 1.69 bits per heavy atom. The first kappa shape index (κ1) is 20.9. The van der Waals surface area contributed by atoms with Crippen molar-refractivity contribution in [1.29, 1.82) is 0 Å². The molecule has 2 atom stereocenters. The Balaban J connectivity index is 1.72. The molecule has 32 heavy (non-hydrogen) atoms. The minimum Gasteiger partial charge on any atom is -0.450 e. The molecule has 1 aromatic heterocycles. The summed E-state index contributed by atoms with van der Waals surface area (Å²) in [5.41, 5.74) is 2.26. The van der Waals surface area contributed by atoms with Crippen LogP contribution in [0.25, 0.3) is 11.0 Å². The zero-order valence-corrected chi connectivity index (χ0v) is 19.1. The van der Waals surface area contributed by atoms with Crippen LogP contribution in [-0.2, 0) is 15.3 Å². The topological polar surface area (TPSA) is 84.7 Å². The molecule has 2 unspecified atom stereocenters. The van der Waals surface area contributed by atoms with E-state index in [1.807, 2.05) is 24.3 Å². The molecule has 1 fully saturated rings. The van der Waals surface area contributed by atoms with Crippen LogP contribution in [-0.4, -0.2) is 36.8 Å². The first-order valence-corrected chi connectivity index (χ1v) is 12.6. The molecule has 2 aliphatic rings. The van der Waals surface area contributed by atoms with Crippen LogP contribution >= 0.6 is 0 Å². The second kappa shape index (κ2) is 7.04. The number of amides is 1. The van der Waals surface area contributed by atoms with E-state index in [4.69, 9.17) is 4.42 Å². The van der Waals surface area contributed by atoms with Gasteiger partial charge in [0.05, 0.1) is 28.5 Å². The molecule has 1 saturated heterocycles. The quantitative estimate of drug-likeness (QED) is 0.591. The number of rotatable bonds is 2. The Kier molecular flexibility index (Phi) is 4.60. The summed E-state index contributed by atoms with van der Waals surface area (Å²) in [6, 6.07) is 13.6. The normalized spacial score (nSPS) is 22.5. The highest BCUT2D eigenvalue weighted by Gasteiger charge is 2.48. The first-order valence-electron chi connectivity index (χ1n) is 10.8. The lowest BCUT2D eigenvalue weighted by Gasteiger charge is -2.30. The molecule has 0 aliphatic carbocycles. The molecule has 2 aliphatic heterocycles. The molecule has 7 heteroatoms. The predicted octanol–water partition coefficient (Wildman–Crippen LogP) is 3.82. The van der Waals surface area contributed by atoms with Gasteiger partial charge in [-0.25, -0.2) is 8.42 Å². The average Bonchev–Trinajstić information content (AvgIpc) is 3.24. The highest BCUT2D eigenvalue weighted by atomic mass is 32.2. The SMILES string of the molecule is CC(C)(C)c1ccc(C2c3c(oc4ccccc4c3=O)C(=O)N2C2CCS(=O)(=O)C2)cc1. The van der Waals surface area contributed by atoms with Crippen molar-refractivity contribution in [3.63, 3.8) is 0 Å². The maximum atomic E-state index is 13.5. The minimum absolute atomic E-state index is 0.0166. The van der Waals surface area contributed by atoms with Gasteiger partial charge in [0.1, 0.15) is 5.58 Å². The summed E-state index contributed by atoms with van der Waals surface area (Å²) < 4.78 is 30.3. The molecule has 3 heterocycles. The van der Waals surface area contributed by atoms with Gasteiger partial charge < -0.3 is 9.32 Å². The Morgan fingerprint density at radius 1 is 1.00 bits per heavy atom. The third kappa shape index (κ3) is 3.26. The summed E-state index contributed by atoms with van der Waals surface area (Å²) in [4.78, 5) is 28.6. The Morgan fingerprint density at radius 3 is 2.31 bits per heavy atom. The molecule has 3 aromatic rings. The van der Waals surface area contributed by atoms with E-state index in [1.165, 1.54) is 0 Å². The van der Waals surface area contributed by atoms with Crippen LogP contribution in [0, 0.1) is 0 Å². The first-order chi connectivity index (χ1) is 15.1. The number of carbonyl (C=O) groups is 1. The molecule has 0 spiro atoms. The van der Waals surface area contributed by atoms with Crippen molar-refractivity contribution in [3.8, 4) is 0 Å². The summed E-state index contributed by atoms with van der Waals surface area (Å²) in [7, 11) is -3.23. The molecule has 0 bridgehead atoms. The van der Waals surface area contributed by atoms with Gasteiger partial charge in [0, 0.05) is 6.04 Å². The number of benzene rings is 2. The van der Waals surface area contributed by atoms with Crippen LogP contribution < -0.4 is 5.43 Å². The standard InChI is InChI=1S/C25H25NO5S/c1-25(2,3)16-10-8-15(9-11-16)21-20-22(27)18-6-4-5-7-19(18)31-23(20)24(28)26(21)17-12-13-32(29,30)14-17/h4-11,17,21H,12-14H2,1-3H3. The van der Waals surface area contributed by atoms with Crippen LogP contribution in [0.5, 0.6) is 0 Å². The fraction of sp³-hybridized carbons (Fsp3) is 0.360. The van der Waals surface area contributed by atoms with Gasteiger partial charge >= 0.3 is 0 Å². The third-order valence-electron chi connectivity index (χ3n) is 6.51. The monoisotopic (exact) mass is 451 g/mol. The lowest BCUT2D eigenvalue weighted by Crippen LogP contribution is -2.40. The molecule has 5 rings (SSSR count). The van der Waals surface area contributed by atoms with Crippen LogP contribution in [0.2, 0.25) is 0 Å². The highest BCUT2D eigenvalue weighted by Crippen LogP contribution is 2.41. The summed E-state index contributed by atoms with van der Waals surface area (Å²) in [6.07, 6.45) is 0.354. The number of hydrogen-bond acceptors (Lipinski definition) is 5. The Labute approximate surface area is 186 Å². The molecular formula is C25H25NO5S. The van der Waals surface area contributed by atoms with Crippen molar-refractivity contribution in [2.75, 3.05) is 11.5 Å². The summed E-state index contributed by atoms with van der Waals surface area (Å²) in [6.45, 7) is 6.35. The molecule has 0 N–H and O–H groups in total. The van der Waals surface area contributed by atoms with Gasteiger partial charge in [-0.1, -0.05) is 57.2 Å². The van der Waals surface area contributed by atoms with Gasteiger partial charge in [-0.2, -0.15) is 0 Å². The molecule has 0 radical (unpaired) electrons. The van der Waals surface area contributed by atoms with E-state index in [-0.39, 0.29) is 28.1 Å². The molecule has 6 nitrogen and oxygen atoms in total. The average molecular weight is 452 g/mol. The van der Waals surface area contributed by atoms with E-state index < -0.39 is 27.8 Å². The molecular weight excluding hydrogens is 426 g/mol. The van der Waals surface area contributed by atoms with E-state index in [0.29, 0.717) is 23.0 Å². The van der Waals surface area contributed by atoms with Crippen molar-refractivity contribution in [2.24, 2.45) is 0 Å². The fourth-order valence-corrected chi connectivity index (χ4v) is 6.51. The zero-order chi connectivity index (χ0) is 22.8. The largest absolute Gasteiger partial charge is 0.450 e. The van der Waals surface area contributed by atoms with Gasteiger partial charge in [0.15, 0.2) is 15.3 Å². The van der Waals surface area contributed by atoms with Crippen LogP contribution in [0.15, 0.2) is 57.7 Å². The number of sulfone groups is 1. The van der Waals surface area contributed by atoms with Crippen molar-refractivity contribution in [3.05, 3.63) is 81.2 Å². The van der Waals surface area contributed by atoms with E-state index in [2.05, 4.69) is 20.8 Å². The molecule has 0 saturated carbocycles. The number of para-hydroxylation sites is 1. The number of carbonyl (C=O) groups excluding carboxylic acids is 1. The second-order valence-corrected chi connectivity index (χ2v) is 11.9. The maximum absolute atomic E-state index is 13.5. The third-order valence-corrected chi connectivity index (χ3v) is 8.26. The van der Waals surface area contributed by atoms with E-state index >= 15 is 0 Å². The van der Waals surface area contributed by atoms with E-state index in [0.717, 1.165) is 11.1 Å². The van der Waals surface area contributed by atoms with E-state index in [1.54, 1.807) is 29.2 Å². The molecule has 1 amide bonds. The summed E-state index contributed by atoms with van der Waals surface area (Å²) >= 11 is 0. The van der Waals surface area contributed by atoms with Crippen LogP contribution in [0.1, 0.15) is 60.5 Å². The Hall–Kier alpha value is -2.93. The molecule has 166 valence electrons. The Bertz CT molecular complexity index is 1400. The smallest absolute Gasteiger partial charge is 0.291 e. The van der Waals surface area contributed by atoms with Gasteiger partial charge in [0.2, 0.25) is 5.76 Å². The lowest BCUT2D eigenvalue weighted by atomic mass is 9.85. The molecule has 2 aromatic carbocycles. The number of hydrogen-bond donors (Lipinski definition) is 0. The van der Waals surface area contributed by atoms with Crippen LogP contribution in [0.4, 0.5) is 0 Å². The number of nitrogens with zero attached hydrogens (tertiary/aromatic N) is 1. The van der Waals surface area contributed by atoms with Crippen LogP contribution in [0.3, 0.4) is 0 Å². The maximum Gasteiger partial charge on any atom is 0.291 e. The van der Waals surface area contributed by atoms with Crippen molar-refractivity contribution < 1.29 is 17.6 Å².